The van der Waals surface area contributed by atoms with Crippen molar-refractivity contribution in [3.8, 4) is 0 Å². The maximum atomic E-state index is 12.6. The second kappa shape index (κ2) is 18.6. The first-order valence-corrected chi connectivity index (χ1v) is 22.1. The van der Waals surface area contributed by atoms with Gasteiger partial charge in [-0.2, -0.15) is 0 Å². The molecule has 0 aromatic heterocycles. The van der Waals surface area contributed by atoms with Gasteiger partial charge in [0, 0.05) is 27.2 Å². The number of ether oxygens (including phenoxy) is 6. The number of fused-ring (bicyclic) bond motifs is 5. The van der Waals surface area contributed by atoms with E-state index in [0.717, 1.165) is 55.3 Å². The van der Waals surface area contributed by atoms with Crippen LogP contribution in [0.15, 0.2) is 11.6 Å². The Bertz CT molecular complexity index is 1420. The maximum Gasteiger partial charge on any atom is 0.306 e. The zero-order valence-electron chi connectivity index (χ0n) is 36.4. The van der Waals surface area contributed by atoms with E-state index >= 15 is 0 Å². The molecule has 0 N–H and O–H groups in total. The van der Waals surface area contributed by atoms with Crippen LogP contribution in [0, 0.1) is 58.2 Å². The molecule has 3 saturated carbocycles. The lowest BCUT2D eigenvalue weighted by Crippen LogP contribution is -2.63. The van der Waals surface area contributed by atoms with Crippen molar-refractivity contribution >= 4 is 23.9 Å². The van der Waals surface area contributed by atoms with E-state index in [4.69, 9.17) is 28.4 Å². The third-order valence-corrected chi connectivity index (χ3v) is 15.1. The molecule has 1 saturated heterocycles. The summed E-state index contributed by atoms with van der Waals surface area (Å²) < 4.78 is 35.7. The SMILES string of the molecule is CC[C@@H](CC[C@@H](C)[C@H]1CC[C@@H]2[C@@H]3CC=C4C[C@@H](O[C@@H]5O[C@@H](COC(=O)CC(C)C)[C@H](OC(C)=O)[C@@H](OC(C)=O)[C@@H]5OC(C)=O)CC[C@]4(C)[C@H]3CC[C@@]21C)C(C)C. The highest BCUT2D eigenvalue weighted by molar-refractivity contribution is 5.70. The highest BCUT2D eigenvalue weighted by Gasteiger charge is 2.60. The van der Waals surface area contributed by atoms with Crippen LogP contribution in [0.5, 0.6) is 0 Å². The molecule has 14 atom stereocenters. The lowest BCUT2D eigenvalue weighted by atomic mass is 9.47. The van der Waals surface area contributed by atoms with Gasteiger partial charge in [-0.25, -0.2) is 0 Å². The second-order valence-electron chi connectivity index (χ2n) is 19.5. The van der Waals surface area contributed by atoms with Gasteiger partial charge in [0.25, 0.3) is 0 Å². The Morgan fingerprint density at radius 3 is 2.11 bits per heavy atom. The summed E-state index contributed by atoms with van der Waals surface area (Å²) in [5, 5.41) is 0. The first-order chi connectivity index (χ1) is 26.4. The van der Waals surface area contributed by atoms with Gasteiger partial charge < -0.3 is 28.4 Å². The summed E-state index contributed by atoms with van der Waals surface area (Å²) in [6.45, 7) is 22.1. The molecular weight excluding hydrogens is 712 g/mol. The van der Waals surface area contributed by atoms with Crippen molar-refractivity contribution in [1.29, 1.82) is 0 Å². The van der Waals surface area contributed by atoms with Crippen molar-refractivity contribution in [2.24, 2.45) is 58.2 Å². The van der Waals surface area contributed by atoms with E-state index in [-0.39, 0.29) is 30.5 Å². The molecule has 318 valence electrons. The van der Waals surface area contributed by atoms with Crippen LogP contribution < -0.4 is 0 Å². The minimum Gasteiger partial charge on any atom is -0.463 e. The summed E-state index contributed by atoms with van der Waals surface area (Å²) in [7, 11) is 0. The largest absolute Gasteiger partial charge is 0.463 e. The minimum atomic E-state index is -1.24. The Morgan fingerprint density at radius 2 is 1.48 bits per heavy atom. The zero-order valence-corrected chi connectivity index (χ0v) is 36.4. The summed E-state index contributed by atoms with van der Waals surface area (Å²) in [6.07, 6.45) is 9.49. The van der Waals surface area contributed by atoms with E-state index in [2.05, 4.69) is 47.6 Å². The van der Waals surface area contributed by atoms with Gasteiger partial charge in [0.05, 0.1) is 6.10 Å². The van der Waals surface area contributed by atoms with E-state index in [1.165, 1.54) is 71.3 Å². The molecule has 56 heavy (non-hydrogen) atoms. The van der Waals surface area contributed by atoms with Gasteiger partial charge in [-0.15, -0.1) is 0 Å². The molecule has 1 aliphatic heterocycles. The number of carbonyl (C=O) groups is 4. The van der Waals surface area contributed by atoms with Crippen molar-refractivity contribution in [3.63, 3.8) is 0 Å². The predicted molar refractivity (Wildman–Crippen MR) is 213 cm³/mol. The fourth-order valence-corrected chi connectivity index (χ4v) is 12.3. The topological polar surface area (TPSA) is 124 Å². The van der Waals surface area contributed by atoms with Gasteiger partial charge >= 0.3 is 23.9 Å². The van der Waals surface area contributed by atoms with Crippen LogP contribution in [0.3, 0.4) is 0 Å². The highest BCUT2D eigenvalue weighted by atomic mass is 16.7. The van der Waals surface area contributed by atoms with Gasteiger partial charge in [-0.1, -0.05) is 79.9 Å². The van der Waals surface area contributed by atoms with Crippen LogP contribution in [0.1, 0.15) is 153 Å². The summed E-state index contributed by atoms with van der Waals surface area (Å²) in [6, 6.07) is 0. The summed E-state index contributed by atoms with van der Waals surface area (Å²) in [5.41, 5.74) is 1.94. The summed E-state index contributed by atoms with van der Waals surface area (Å²) in [5.74, 6) is 2.97. The Balaban J connectivity index is 1.32. The van der Waals surface area contributed by atoms with Crippen molar-refractivity contribution < 1.29 is 47.6 Å². The molecule has 0 amide bonds. The predicted octanol–water partition coefficient (Wildman–Crippen LogP) is 9.16. The lowest BCUT2D eigenvalue weighted by Gasteiger charge is -2.58. The highest BCUT2D eigenvalue weighted by Crippen LogP contribution is 2.67. The lowest BCUT2D eigenvalue weighted by molar-refractivity contribution is -0.318. The van der Waals surface area contributed by atoms with E-state index in [1.54, 1.807) is 0 Å². The fraction of sp³-hybridized carbons (Fsp3) is 0.870. The molecule has 0 unspecified atom stereocenters. The van der Waals surface area contributed by atoms with Crippen molar-refractivity contribution in [2.45, 2.75) is 190 Å². The van der Waals surface area contributed by atoms with Crippen LogP contribution >= 0.6 is 0 Å². The molecule has 0 aromatic rings. The number of carbonyl (C=O) groups excluding carboxylic acids is 4. The van der Waals surface area contributed by atoms with Gasteiger partial charge in [-0.05, 0) is 116 Å². The van der Waals surface area contributed by atoms with E-state index in [1.807, 2.05) is 13.8 Å². The monoisotopic (exact) mass is 787 g/mol. The van der Waals surface area contributed by atoms with E-state index in [9.17, 15) is 19.2 Å². The molecule has 0 spiro atoms. The van der Waals surface area contributed by atoms with E-state index in [0.29, 0.717) is 17.3 Å². The van der Waals surface area contributed by atoms with Crippen molar-refractivity contribution in [2.75, 3.05) is 6.61 Å². The fourth-order valence-electron chi connectivity index (χ4n) is 12.3. The first-order valence-electron chi connectivity index (χ1n) is 22.1. The van der Waals surface area contributed by atoms with E-state index < -0.39 is 54.6 Å². The maximum absolute atomic E-state index is 12.6. The van der Waals surface area contributed by atoms with Gasteiger partial charge in [0.2, 0.25) is 0 Å². The molecule has 5 aliphatic rings. The van der Waals surface area contributed by atoms with Crippen LogP contribution in [0.25, 0.3) is 0 Å². The molecule has 10 nitrogen and oxygen atoms in total. The summed E-state index contributed by atoms with van der Waals surface area (Å²) in [4.78, 5) is 49.8. The number of rotatable bonds is 15. The molecule has 1 heterocycles. The average Bonchev–Trinajstić information content (AvgIpc) is 3.46. The Labute approximate surface area is 337 Å². The quantitative estimate of drug-likeness (QED) is 0.0902. The first kappa shape index (κ1) is 44.6. The zero-order chi connectivity index (χ0) is 41.1. The van der Waals surface area contributed by atoms with Crippen LogP contribution in [-0.2, 0) is 47.6 Å². The number of allylic oxidation sites excluding steroid dienone is 1. The molecule has 4 fully saturated rings. The second-order valence-corrected chi connectivity index (χ2v) is 19.5. The minimum absolute atomic E-state index is 0.0775. The van der Waals surface area contributed by atoms with Crippen LogP contribution in [-0.4, -0.2) is 67.3 Å². The molecule has 0 radical (unpaired) electrons. The summed E-state index contributed by atoms with van der Waals surface area (Å²) >= 11 is 0. The third kappa shape index (κ3) is 9.86. The standard InChI is InChI=1S/C46H74O10/c1-12-32(27(4)5)14-13-28(6)36-17-18-37-35-16-15-33-24-34(19-21-45(33,10)38(35)20-22-46(36,37)11)55-44-43(54-31(9)49)42(53-30(8)48)41(52-29(7)47)39(56-44)25-51-40(50)23-26(2)3/h15,26-28,32,34-39,41-44H,12-14,16-25H2,1-11H3/t28-,32+,34+,35+,36-,37-,38+,39+,41+,42-,43+,44-,45+,46-/m1/s1. The number of esters is 4. The van der Waals surface area contributed by atoms with Gasteiger partial charge in [-0.3, -0.25) is 19.2 Å². The van der Waals surface area contributed by atoms with Gasteiger partial charge in [0.15, 0.2) is 24.6 Å². The van der Waals surface area contributed by atoms with Gasteiger partial charge in [0.1, 0.15) is 12.7 Å². The smallest absolute Gasteiger partial charge is 0.306 e. The molecule has 5 rings (SSSR count). The molecular formula is C46H74O10. The molecule has 4 aliphatic carbocycles. The molecule has 0 bridgehead atoms. The molecule has 0 aromatic carbocycles. The number of hydrogen-bond acceptors (Lipinski definition) is 10. The van der Waals surface area contributed by atoms with Crippen LogP contribution in [0.2, 0.25) is 0 Å². The Kier molecular flexibility index (Phi) is 14.9. The Hall–Kier alpha value is -2.46. The molecule has 10 heteroatoms. The normalized spacial score (nSPS) is 37.7. The van der Waals surface area contributed by atoms with Crippen molar-refractivity contribution in [3.05, 3.63) is 11.6 Å². The Morgan fingerprint density at radius 1 is 0.821 bits per heavy atom. The van der Waals surface area contributed by atoms with Crippen molar-refractivity contribution in [1.82, 2.24) is 0 Å². The van der Waals surface area contributed by atoms with Crippen LogP contribution in [0.4, 0.5) is 0 Å². The average molecular weight is 787 g/mol. The third-order valence-electron chi connectivity index (χ3n) is 15.1. The number of hydrogen-bond donors (Lipinski definition) is 0.